The van der Waals surface area contributed by atoms with Gasteiger partial charge in [0.25, 0.3) is 0 Å². The zero-order valence-electron chi connectivity index (χ0n) is 16.7. The number of halogens is 1. The van der Waals surface area contributed by atoms with E-state index in [1.807, 2.05) is 36.1 Å². The smallest absolute Gasteiger partial charge is 0.241 e. The molecule has 1 aliphatic rings. The second kappa shape index (κ2) is 10.5. The van der Waals surface area contributed by atoms with Gasteiger partial charge in [0.15, 0.2) is 5.96 Å². The van der Waals surface area contributed by atoms with Crippen LogP contribution >= 0.6 is 0 Å². The minimum Gasteiger partial charge on any atom is -0.457 e. The van der Waals surface area contributed by atoms with Gasteiger partial charge in [-0.2, -0.15) is 0 Å². The Balaban J connectivity index is 1.52. The third-order valence-electron chi connectivity index (χ3n) is 4.60. The number of hydrogen-bond acceptors (Lipinski definition) is 3. The van der Waals surface area contributed by atoms with Crippen molar-refractivity contribution in [3.8, 4) is 11.5 Å². The number of benzene rings is 2. The van der Waals surface area contributed by atoms with Gasteiger partial charge < -0.3 is 20.3 Å². The number of carbonyl (C=O) groups excluding carboxylic acids is 1. The number of ether oxygens (including phenoxy) is 1. The molecule has 0 unspecified atom stereocenters. The highest BCUT2D eigenvalue weighted by atomic mass is 19.1. The fraction of sp³-hybridized carbons (Fsp3) is 0.364. The van der Waals surface area contributed by atoms with E-state index >= 15 is 0 Å². The maximum Gasteiger partial charge on any atom is 0.241 e. The highest BCUT2D eigenvalue weighted by molar-refractivity contribution is 5.86. The summed E-state index contributed by atoms with van der Waals surface area (Å²) in [5.74, 6) is 1.68. The van der Waals surface area contributed by atoms with Crippen LogP contribution in [0.25, 0.3) is 0 Å². The molecule has 0 atom stereocenters. The molecule has 2 aromatic rings. The molecule has 29 heavy (non-hydrogen) atoms. The van der Waals surface area contributed by atoms with Crippen molar-refractivity contribution in [2.75, 3.05) is 26.2 Å². The molecule has 154 valence electrons. The highest BCUT2D eigenvalue weighted by Crippen LogP contribution is 2.22. The molecule has 0 spiro atoms. The Morgan fingerprint density at radius 2 is 1.66 bits per heavy atom. The van der Waals surface area contributed by atoms with Crippen molar-refractivity contribution in [2.24, 2.45) is 4.99 Å². The van der Waals surface area contributed by atoms with Crippen LogP contribution in [0.1, 0.15) is 25.3 Å². The van der Waals surface area contributed by atoms with Crippen LogP contribution in [-0.2, 0) is 11.3 Å². The van der Waals surface area contributed by atoms with E-state index in [4.69, 9.17) is 4.74 Å². The molecule has 0 aliphatic carbocycles. The molecule has 0 bridgehead atoms. The molecule has 1 saturated heterocycles. The molecule has 3 rings (SSSR count). The lowest BCUT2D eigenvalue weighted by Crippen LogP contribution is -2.44. The van der Waals surface area contributed by atoms with Gasteiger partial charge in [0, 0.05) is 19.6 Å². The number of likely N-dealkylation sites (tertiary alicyclic amines) is 1. The predicted octanol–water partition coefficient (Wildman–Crippen LogP) is 3.30. The Hall–Kier alpha value is -3.09. The van der Waals surface area contributed by atoms with Crippen molar-refractivity contribution >= 4 is 11.9 Å². The molecule has 0 saturated carbocycles. The number of guanidine groups is 1. The lowest BCUT2D eigenvalue weighted by Gasteiger charge is -2.17. The normalized spacial score (nSPS) is 14.0. The average molecular weight is 398 g/mol. The van der Waals surface area contributed by atoms with Gasteiger partial charge in [-0.25, -0.2) is 9.38 Å². The minimum atomic E-state index is -0.294. The fourth-order valence-corrected chi connectivity index (χ4v) is 3.05. The van der Waals surface area contributed by atoms with Gasteiger partial charge in [0.05, 0.1) is 13.1 Å². The van der Waals surface area contributed by atoms with E-state index in [-0.39, 0.29) is 18.3 Å². The van der Waals surface area contributed by atoms with Gasteiger partial charge in [0.2, 0.25) is 5.91 Å². The summed E-state index contributed by atoms with van der Waals surface area (Å²) in [5.41, 5.74) is 1.01. The number of nitrogens with zero attached hydrogens (tertiary/aromatic N) is 2. The SMILES string of the molecule is CCNC(=NCc1ccc(Oc2ccc(F)cc2)cc1)NCC(=O)N1CCCC1. The van der Waals surface area contributed by atoms with Gasteiger partial charge in [-0.05, 0) is 61.7 Å². The molecule has 0 aromatic heterocycles. The van der Waals surface area contributed by atoms with E-state index < -0.39 is 0 Å². The van der Waals surface area contributed by atoms with Gasteiger partial charge in [0.1, 0.15) is 17.3 Å². The number of aliphatic imine (C=N–C) groups is 1. The summed E-state index contributed by atoms with van der Waals surface area (Å²) in [6, 6.07) is 13.5. The predicted molar refractivity (Wildman–Crippen MR) is 112 cm³/mol. The molecule has 2 N–H and O–H groups in total. The van der Waals surface area contributed by atoms with Crippen molar-refractivity contribution in [3.05, 3.63) is 59.9 Å². The zero-order valence-corrected chi connectivity index (χ0v) is 16.7. The average Bonchev–Trinajstić information content (AvgIpc) is 3.28. The molecule has 2 aromatic carbocycles. The minimum absolute atomic E-state index is 0.107. The van der Waals surface area contributed by atoms with Crippen molar-refractivity contribution in [3.63, 3.8) is 0 Å². The Kier molecular flexibility index (Phi) is 7.44. The van der Waals surface area contributed by atoms with E-state index in [9.17, 15) is 9.18 Å². The van der Waals surface area contributed by atoms with Crippen LogP contribution in [0, 0.1) is 5.82 Å². The maximum atomic E-state index is 13.0. The quantitative estimate of drug-likeness (QED) is 0.555. The largest absolute Gasteiger partial charge is 0.457 e. The Morgan fingerprint density at radius 3 is 2.28 bits per heavy atom. The first-order valence-electron chi connectivity index (χ1n) is 9.96. The summed E-state index contributed by atoms with van der Waals surface area (Å²) in [6.45, 7) is 5.12. The summed E-state index contributed by atoms with van der Waals surface area (Å²) >= 11 is 0. The Labute approximate surface area is 170 Å². The van der Waals surface area contributed by atoms with Crippen LogP contribution in [0.3, 0.4) is 0 Å². The van der Waals surface area contributed by atoms with Crippen LogP contribution in [0.5, 0.6) is 11.5 Å². The van der Waals surface area contributed by atoms with Crippen molar-refractivity contribution in [2.45, 2.75) is 26.3 Å². The van der Waals surface area contributed by atoms with E-state index in [2.05, 4.69) is 15.6 Å². The molecule has 1 amide bonds. The maximum absolute atomic E-state index is 13.0. The van der Waals surface area contributed by atoms with Crippen molar-refractivity contribution in [1.82, 2.24) is 15.5 Å². The molecule has 6 nitrogen and oxygen atoms in total. The van der Waals surface area contributed by atoms with Crippen LogP contribution < -0.4 is 15.4 Å². The van der Waals surface area contributed by atoms with Crippen LogP contribution in [0.2, 0.25) is 0 Å². The molecular weight excluding hydrogens is 371 g/mol. The summed E-state index contributed by atoms with van der Waals surface area (Å²) in [4.78, 5) is 18.6. The van der Waals surface area contributed by atoms with Crippen LogP contribution in [-0.4, -0.2) is 42.9 Å². The number of amides is 1. The second-order valence-electron chi connectivity index (χ2n) is 6.84. The zero-order chi connectivity index (χ0) is 20.5. The lowest BCUT2D eigenvalue weighted by atomic mass is 10.2. The van der Waals surface area contributed by atoms with Gasteiger partial charge >= 0.3 is 0 Å². The number of nitrogens with one attached hydrogen (secondary N) is 2. The molecular formula is C22H27FN4O2. The fourth-order valence-electron chi connectivity index (χ4n) is 3.05. The van der Waals surface area contributed by atoms with Gasteiger partial charge in [-0.1, -0.05) is 12.1 Å². The Morgan fingerprint density at radius 1 is 1.03 bits per heavy atom. The highest BCUT2D eigenvalue weighted by Gasteiger charge is 2.17. The van der Waals surface area contributed by atoms with Crippen molar-refractivity contribution < 1.29 is 13.9 Å². The third kappa shape index (κ3) is 6.48. The van der Waals surface area contributed by atoms with Crippen LogP contribution in [0.4, 0.5) is 4.39 Å². The van der Waals surface area contributed by atoms with E-state index in [1.165, 1.54) is 12.1 Å². The van der Waals surface area contributed by atoms with Gasteiger partial charge in [-0.15, -0.1) is 0 Å². The first-order chi connectivity index (χ1) is 14.1. The topological polar surface area (TPSA) is 66.0 Å². The molecule has 0 radical (unpaired) electrons. The monoisotopic (exact) mass is 398 g/mol. The number of carbonyl (C=O) groups is 1. The molecule has 1 heterocycles. The standard InChI is InChI=1S/C22H27FN4O2/c1-2-24-22(26-16-21(28)27-13-3-4-14-27)25-15-17-5-9-19(10-6-17)29-20-11-7-18(23)8-12-20/h5-12H,2-4,13-16H2,1H3,(H2,24,25,26). The molecule has 1 aliphatic heterocycles. The summed E-state index contributed by atoms with van der Waals surface area (Å²) in [5, 5.41) is 6.27. The summed E-state index contributed by atoms with van der Waals surface area (Å²) in [6.07, 6.45) is 2.17. The van der Waals surface area contributed by atoms with Crippen LogP contribution in [0.15, 0.2) is 53.5 Å². The van der Waals surface area contributed by atoms with E-state index in [0.29, 0.717) is 30.5 Å². The lowest BCUT2D eigenvalue weighted by molar-refractivity contribution is -0.128. The number of hydrogen-bond donors (Lipinski definition) is 2. The molecule has 1 fully saturated rings. The number of rotatable bonds is 7. The first-order valence-corrected chi connectivity index (χ1v) is 9.96. The summed E-state index contributed by atoms with van der Waals surface area (Å²) in [7, 11) is 0. The summed E-state index contributed by atoms with van der Waals surface area (Å²) < 4.78 is 18.7. The second-order valence-corrected chi connectivity index (χ2v) is 6.84. The van der Waals surface area contributed by atoms with Crippen molar-refractivity contribution in [1.29, 1.82) is 0 Å². The van der Waals surface area contributed by atoms with E-state index in [1.54, 1.807) is 12.1 Å². The molecule has 7 heteroatoms. The first kappa shape index (κ1) is 20.6. The van der Waals surface area contributed by atoms with Gasteiger partial charge in [-0.3, -0.25) is 4.79 Å². The third-order valence-corrected chi connectivity index (χ3v) is 4.60. The van der Waals surface area contributed by atoms with E-state index in [0.717, 1.165) is 31.5 Å². The Bertz CT molecular complexity index is 816.